The van der Waals surface area contributed by atoms with E-state index >= 15 is 0 Å². The maximum absolute atomic E-state index is 13.4. The summed E-state index contributed by atoms with van der Waals surface area (Å²) in [5.41, 5.74) is 2.58. The number of benzene rings is 2. The average molecular weight is 455 g/mol. The van der Waals surface area contributed by atoms with Gasteiger partial charge in [-0.1, -0.05) is 30.3 Å². The molecule has 1 saturated heterocycles. The number of ether oxygens (including phenoxy) is 4. The maximum Gasteiger partial charge on any atom is 0.266 e. The molecule has 0 bridgehead atoms. The first-order valence-corrected chi connectivity index (χ1v) is 11.1. The van der Waals surface area contributed by atoms with Gasteiger partial charge in [0, 0.05) is 12.1 Å². The van der Waals surface area contributed by atoms with Crippen molar-refractivity contribution in [2.45, 2.75) is 13.0 Å². The Hall–Kier alpha value is -3.10. The van der Waals surface area contributed by atoms with Gasteiger partial charge in [0.25, 0.3) is 5.91 Å². The summed E-state index contributed by atoms with van der Waals surface area (Å²) in [5.74, 6) is 1.58. The second-order valence-electron chi connectivity index (χ2n) is 7.37. The smallest absolute Gasteiger partial charge is 0.266 e. The Morgan fingerprint density at radius 3 is 2.41 bits per heavy atom. The lowest BCUT2D eigenvalue weighted by molar-refractivity contribution is -0.0226. The zero-order valence-corrected chi connectivity index (χ0v) is 19.4. The number of hydrogen-bond donors (Lipinski definition) is 0. The van der Waals surface area contributed by atoms with Crippen molar-refractivity contribution >= 4 is 17.2 Å². The number of carbonyl (C=O) groups excluding carboxylic acids is 1. The first-order chi connectivity index (χ1) is 15.5. The summed E-state index contributed by atoms with van der Waals surface area (Å²) in [6, 6.07) is 13.7. The number of morpholine rings is 1. The lowest BCUT2D eigenvalue weighted by Gasteiger charge is -2.33. The Kier molecular flexibility index (Phi) is 6.62. The van der Waals surface area contributed by atoms with E-state index in [0.29, 0.717) is 47.5 Å². The van der Waals surface area contributed by atoms with Crippen molar-refractivity contribution in [3.8, 4) is 27.8 Å². The van der Waals surface area contributed by atoms with Crippen molar-refractivity contribution in [2.24, 2.45) is 0 Å². The van der Waals surface area contributed by atoms with Gasteiger partial charge in [-0.15, -0.1) is 11.3 Å². The summed E-state index contributed by atoms with van der Waals surface area (Å²) < 4.78 is 22.2. The van der Waals surface area contributed by atoms with Crippen LogP contribution < -0.4 is 14.2 Å². The number of thiazole rings is 1. The van der Waals surface area contributed by atoms with Crippen LogP contribution in [0.4, 0.5) is 0 Å². The average Bonchev–Trinajstić information content (AvgIpc) is 3.24. The number of carbonyl (C=O) groups is 1. The topological polar surface area (TPSA) is 70.1 Å². The van der Waals surface area contributed by atoms with Gasteiger partial charge >= 0.3 is 0 Å². The second-order valence-corrected chi connectivity index (χ2v) is 8.37. The highest BCUT2D eigenvalue weighted by molar-refractivity contribution is 7.17. The summed E-state index contributed by atoms with van der Waals surface area (Å²) in [4.78, 5) is 20.5. The van der Waals surface area contributed by atoms with Gasteiger partial charge < -0.3 is 23.8 Å². The Labute approximate surface area is 191 Å². The minimum Gasteiger partial charge on any atom is -0.493 e. The number of aromatic nitrogens is 1. The van der Waals surface area contributed by atoms with Crippen LogP contribution in [0.25, 0.3) is 10.6 Å². The van der Waals surface area contributed by atoms with E-state index in [1.807, 2.05) is 54.3 Å². The Bertz CT molecular complexity index is 1070. The fourth-order valence-corrected chi connectivity index (χ4v) is 4.79. The normalized spacial score (nSPS) is 16.0. The monoisotopic (exact) mass is 454 g/mol. The van der Waals surface area contributed by atoms with Crippen LogP contribution in [0.5, 0.6) is 17.2 Å². The molecular formula is C24H26N2O5S. The van der Waals surface area contributed by atoms with Gasteiger partial charge in [-0.25, -0.2) is 4.98 Å². The van der Waals surface area contributed by atoms with E-state index in [-0.39, 0.29) is 12.0 Å². The molecule has 0 aliphatic carbocycles. The third-order valence-corrected chi connectivity index (χ3v) is 6.62. The quantitative estimate of drug-likeness (QED) is 0.551. The molecule has 1 amide bonds. The number of methoxy groups -OCH3 is 3. The van der Waals surface area contributed by atoms with Crippen molar-refractivity contribution in [1.82, 2.24) is 9.88 Å². The van der Waals surface area contributed by atoms with Crippen LogP contribution in [0.3, 0.4) is 0 Å². The molecule has 1 atom stereocenters. The van der Waals surface area contributed by atoms with Crippen LogP contribution in [0.1, 0.15) is 27.0 Å². The van der Waals surface area contributed by atoms with E-state index in [1.165, 1.54) is 11.3 Å². The van der Waals surface area contributed by atoms with E-state index in [2.05, 4.69) is 4.98 Å². The van der Waals surface area contributed by atoms with E-state index < -0.39 is 0 Å². The number of hydrogen-bond acceptors (Lipinski definition) is 7. The van der Waals surface area contributed by atoms with E-state index in [9.17, 15) is 4.79 Å². The van der Waals surface area contributed by atoms with Gasteiger partial charge in [0.2, 0.25) is 5.75 Å². The molecule has 2 aromatic carbocycles. The molecule has 0 unspecified atom stereocenters. The van der Waals surface area contributed by atoms with Gasteiger partial charge in [0.15, 0.2) is 11.5 Å². The molecule has 32 heavy (non-hydrogen) atoms. The zero-order valence-electron chi connectivity index (χ0n) is 18.6. The minimum atomic E-state index is -0.128. The van der Waals surface area contributed by atoms with Crippen molar-refractivity contribution in [1.29, 1.82) is 0 Å². The van der Waals surface area contributed by atoms with Crippen LogP contribution in [0.2, 0.25) is 0 Å². The number of nitrogens with zero attached hydrogens (tertiary/aromatic N) is 2. The molecule has 8 heteroatoms. The van der Waals surface area contributed by atoms with Gasteiger partial charge in [-0.05, 0) is 24.6 Å². The molecule has 1 aliphatic heterocycles. The van der Waals surface area contributed by atoms with Gasteiger partial charge in [-0.3, -0.25) is 4.79 Å². The molecule has 1 fully saturated rings. The number of amides is 1. The van der Waals surface area contributed by atoms with E-state index in [0.717, 1.165) is 16.1 Å². The van der Waals surface area contributed by atoms with Crippen molar-refractivity contribution < 1.29 is 23.7 Å². The number of aryl methyl sites for hydroxylation is 1. The summed E-state index contributed by atoms with van der Waals surface area (Å²) in [6.07, 6.45) is -0.128. The van der Waals surface area contributed by atoms with Gasteiger partial charge in [-0.2, -0.15) is 0 Å². The molecular weight excluding hydrogens is 428 g/mol. The van der Waals surface area contributed by atoms with Crippen LogP contribution in [0, 0.1) is 6.92 Å². The molecule has 7 nitrogen and oxygen atoms in total. The highest BCUT2D eigenvalue weighted by atomic mass is 32.1. The number of rotatable bonds is 6. The highest BCUT2D eigenvalue weighted by Crippen LogP contribution is 2.42. The Morgan fingerprint density at radius 1 is 1.09 bits per heavy atom. The van der Waals surface area contributed by atoms with Crippen LogP contribution >= 0.6 is 11.3 Å². The van der Waals surface area contributed by atoms with E-state index in [1.54, 1.807) is 21.3 Å². The SMILES string of the molecule is COc1cc(-c2nc(C)c(C(=O)N3CCO[C@H](c4ccccc4)C3)s2)cc(OC)c1OC. The van der Waals surface area contributed by atoms with Gasteiger partial charge in [0.05, 0.1) is 40.2 Å². The highest BCUT2D eigenvalue weighted by Gasteiger charge is 2.29. The van der Waals surface area contributed by atoms with Gasteiger partial charge in [0.1, 0.15) is 16.0 Å². The molecule has 3 aromatic rings. The largest absolute Gasteiger partial charge is 0.493 e. The molecule has 1 aliphatic rings. The maximum atomic E-state index is 13.4. The summed E-state index contributed by atoms with van der Waals surface area (Å²) in [6.45, 7) is 3.43. The fourth-order valence-electron chi connectivity index (χ4n) is 3.77. The van der Waals surface area contributed by atoms with E-state index in [4.69, 9.17) is 18.9 Å². The summed E-state index contributed by atoms with van der Waals surface area (Å²) in [5, 5.41) is 0.720. The molecule has 0 saturated carbocycles. The van der Waals surface area contributed by atoms with Crippen molar-refractivity contribution in [2.75, 3.05) is 41.0 Å². The predicted molar refractivity (Wildman–Crippen MR) is 123 cm³/mol. The molecule has 0 spiro atoms. The molecule has 1 aromatic heterocycles. The summed E-state index contributed by atoms with van der Waals surface area (Å²) in [7, 11) is 4.71. The first-order valence-electron chi connectivity index (χ1n) is 10.3. The first kappa shape index (κ1) is 22.1. The third kappa shape index (κ3) is 4.28. The predicted octanol–water partition coefficient (Wildman–Crippen LogP) is 4.36. The standard InChI is InChI=1S/C24H26N2O5S/c1-15-22(24(27)26-10-11-31-20(14-26)16-8-6-5-7-9-16)32-23(25-15)17-12-18(28-2)21(30-4)19(13-17)29-3/h5-9,12-13,20H,10-11,14H2,1-4H3/t20-/m0/s1. The Balaban J connectivity index is 1.60. The molecule has 0 radical (unpaired) electrons. The minimum absolute atomic E-state index is 0.0251. The molecule has 0 N–H and O–H groups in total. The second kappa shape index (κ2) is 9.58. The molecule has 4 rings (SSSR count). The van der Waals surface area contributed by atoms with Crippen molar-refractivity contribution in [3.05, 3.63) is 58.6 Å². The zero-order chi connectivity index (χ0) is 22.7. The van der Waals surface area contributed by atoms with Crippen LogP contribution in [-0.2, 0) is 4.74 Å². The molecule has 168 valence electrons. The lowest BCUT2D eigenvalue weighted by Crippen LogP contribution is -2.42. The van der Waals surface area contributed by atoms with Crippen molar-refractivity contribution in [3.63, 3.8) is 0 Å². The lowest BCUT2D eigenvalue weighted by atomic mass is 10.1. The van der Waals surface area contributed by atoms with Crippen LogP contribution in [0.15, 0.2) is 42.5 Å². The summed E-state index contributed by atoms with van der Waals surface area (Å²) >= 11 is 1.37. The van der Waals surface area contributed by atoms with Crippen LogP contribution in [-0.4, -0.2) is 56.8 Å². The third-order valence-electron chi connectivity index (χ3n) is 5.43. The molecule has 2 heterocycles. The Morgan fingerprint density at radius 2 is 1.78 bits per heavy atom. The fraction of sp³-hybridized carbons (Fsp3) is 0.333.